The molecule has 0 saturated carbocycles. The molecule has 6 aromatic carbocycles. The van der Waals surface area contributed by atoms with Crippen molar-refractivity contribution in [1.82, 2.24) is 10.6 Å². The van der Waals surface area contributed by atoms with Gasteiger partial charge in [-0.3, -0.25) is 19.2 Å². The summed E-state index contributed by atoms with van der Waals surface area (Å²) in [4.78, 5) is 48.8. The Kier molecular flexibility index (Phi) is 17.6. The van der Waals surface area contributed by atoms with Crippen LogP contribution in [0.5, 0.6) is 11.5 Å². The second-order valence-electron chi connectivity index (χ2n) is 15.2. The van der Waals surface area contributed by atoms with Crippen molar-refractivity contribution >= 4 is 23.8 Å². The van der Waals surface area contributed by atoms with Crippen LogP contribution in [0.1, 0.15) is 83.3 Å². The molecule has 0 heterocycles. The highest BCUT2D eigenvalue weighted by atomic mass is 16.5. The fourth-order valence-electron chi connectivity index (χ4n) is 6.68. The summed E-state index contributed by atoms with van der Waals surface area (Å²) in [5, 5.41) is 5.91. The van der Waals surface area contributed by atoms with Gasteiger partial charge in [0.2, 0.25) is 0 Å². The largest absolute Gasteiger partial charge is 0.489 e. The Labute approximate surface area is 370 Å². The molecule has 6 aromatic rings. The van der Waals surface area contributed by atoms with Crippen LogP contribution in [0.15, 0.2) is 133 Å². The fourth-order valence-corrected chi connectivity index (χ4v) is 6.68. The number of hydrogen-bond donors (Lipinski definition) is 2. The van der Waals surface area contributed by atoms with Crippen molar-refractivity contribution in [3.8, 4) is 11.5 Å². The monoisotopic (exact) mass is 848 g/mol. The quantitative estimate of drug-likeness (QED) is 0.0870. The summed E-state index contributed by atoms with van der Waals surface area (Å²) in [7, 11) is 1.37. The molecule has 0 radical (unpaired) electrons. The number of nitrogens with one attached hydrogen (secondary N) is 2. The fraction of sp³-hybridized carbons (Fsp3) is 0.245. The Balaban J connectivity index is 0.000000238. The van der Waals surface area contributed by atoms with Gasteiger partial charge >= 0.3 is 11.9 Å². The summed E-state index contributed by atoms with van der Waals surface area (Å²) in [5.74, 6) is 0.415. The van der Waals surface area contributed by atoms with Crippen LogP contribution in [0.3, 0.4) is 0 Å². The van der Waals surface area contributed by atoms with Crippen molar-refractivity contribution in [2.75, 3.05) is 13.7 Å². The molecular formula is C53H56N2O8. The zero-order chi connectivity index (χ0) is 45.1. The number of amides is 2. The summed E-state index contributed by atoms with van der Waals surface area (Å²) in [6, 6.07) is 42.5. The third-order valence-electron chi connectivity index (χ3n) is 10.0. The van der Waals surface area contributed by atoms with E-state index in [1.54, 1.807) is 19.1 Å². The van der Waals surface area contributed by atoms with E-state index >= 15 is 0 Å². The van der Waals surface area contributed by atoms with Crippen molar-refractivity contribution in [2.24, 2.45) is 0 Å². The van der Waals surface area contributed by atoms with Gasteiger partial charge in [-0.15, -0.1) is 0 Å². The number of esters is 2. The minimum absolute atomic E-state index is 0.167. The third-order valence-corrected chi connectivity index (χ3v) is 10.0. The SMILES string of the molecule is CCOC(=O)Cc1cccc(CNC(=O)c2cc(OCc3cccc(C)c3)ccc2C)c1.COC(=O)Cc1cccc(CNC(=O)c2cc(OCc3cccc(C)c3)ccc2C)c1. The van der Waals surface area contributed by atoms with Gasteiger partial charge in [0.05, 0.1) is 26.6 Å². The number of carbonyl (C=O) groups is 4. The van der Waals surface area contributed by atoms with Crippen LogP contribution in [0, 0.1) is 27.7 Å². The summed E-state index contributed by atoms with van der Waals surface area (Å²) in [6.07, 6.45) is 0.423. The van der Waals surface area contributed by atoms with E-state index in [1.165, 1.54) is 18.2 Å². The number of ether oxygens (including phenoxy) is 4. The standard InChI is InChI=1S/C27H29NO4.C26H27NO4/c1-4-31-26(29)15-21-8-6-9-22(14-21)17-28-27(30)25-16-24(12-11-20(25)3)32-18-23-10-5-7-19(2)13-23;1-18-6-4-9-22(12-18)17-31-23-11-10-19(2)24(15-23)26(29)27-16-21-8-5-7-20(13-21)14-25(28)30-3/h5-14,16H,4,15,17-18H2,1-3H3,(H,28,30);4-13,15H,14,16-17H2,1-3H3,(H,27,29). The highest BCUT2D eigenvalue weighted by Crippen LogP contribution is 2.21. The first kappa shape index (κ1) is 46.9. The van der Waals surface area contributed by atoms with Crippen molar-refractivity contribution < 1.29 is 38.1 Å². The van der Waals surface area contributed by atoms with Crippen molar-refractivity contribution in [3.63, 3.8) is 0 Å². The molecule has 0 fully saturated rings. The lowest BCUT2D eigenvalue weighted by Gasteiger charge is -2.12. The lowest BCUT2D eigenvalue weighted by Crippen LogP contribution is -2.23. The van der Waals surface area contributed by atoms with Gasteiger partial charge in [0.25, 0.3) is 11.8 Å². The topological polar surface area (TPSA) is 129 Å². The van der Waals surface area contributed by atoms with E-state index in [0.29, 0.717) is 55.5 Å². The molecule has 2 N–H and O–H groups in total. The minimum Gasteiger partial charge on any atom is -0.489 e. The maximum Gasteiger partial charge on any atom is 0.310 e. The van der Waals surface area contributed by atoms with Gasteiger partial charge in [0.1, 0.15) is 24.7 Å². The highest BCUT2D eigenvalue weighted by Gasteiger charge is 2.13. The first-order valence-electron chi connectivity index (χ1n) is 20.9. The molecule has 63 heavy (non-hydrogen) atoms. The molecule has 326 valence electrons. The summed E-state index contributed by atoms with van der Waals surface area (Å²) in [6.45, 7) is 11.7. The second kappa shape index (κ2) is 23.7. The van der Waals surface area contributed by atoms with Gasteiger partial charge in [-0.05, 0) is 103 Å². The number of rotatable bonds is 17. The van der Waals surface area contributed by atoms with Crippen LogP contribution in [0.2, 0.25) is 0 Å². The molecular weight excluding hydrogens is 793 g/mol. The molecule has 10 nitrogen and oxygen atoms in total. The average molecular weight is 849 g/mol. The van der Waals surface area contributed by atoms with Crippen LogP contribution in [-0.4, -0.2) is 37.5 Å². The molecule has 0 aliphatic carbocycles. The van der Waals surface area contributed by atoms with Crippen LogP contribution in [0.25, 0.3) is 0 Å². The lowest BCUT2D eigenvalue weighted by molar-refractivity contribution is -0.142. The minimum atomic E-state index is -0.292. The van der Waals surface area contributed by atoms with Crippen molar-refractivity contribution in [1.29, 1.82) is 0 Å². The van der Waals surface area contributed by atoms with E-state index in [9.17, 15) is 19.2 Å². The zero-order valence-corrected chi connectivity index (χ0v) is 36.9. The van der Waals surface area contributed by atoms with Gasteiger partial charge in [-0.25, -0.2) is 0 Å². The molecule has 0 spiro atoms. The van der Waals surface area contributed by atoms with Crippen molar-refractivity contribution in [2.45, 2.75) is 73.8 Å². The first-order chi connectivity index (χ1) is 30.4. The molecule has 0 aromatic heterocycles. The predicted molar refractivity (Wildman–Crippen MR) is 245 cm³/mol. The van der Waals surface area contributed by atoms with Crippen LogP contribution in [-0.2, 0) is 58.2 Å². The van der Waals surface area contributed by atoms with Crippen LogP contribution >= 0.6 is 0 Å². The Hall–Kier alpha value is -7.20. The zero-order valence-electron chi connectivity index (χ0n) is 36.9. The number of methoxy groups -OCH3 is 1. The molecule has 10 heteroatoms. The second-order valence-corrected chi connectivity index (χ2v) is 15.2. The number of aryl methyl sites for hydroxylation is 4. The molecule has 2 amide bonds. The van der Waals surface area contributed by atoms with Gasteiger partial charge in [-0.2, -0.15) is 0 Å². The normalized spacial score (nSPS) is 10.4. The van der Waals surface area contributed by atoms with Crippen molar-refractivity contribution in [3.05, 3.63) is 200 Å². The predicted octanol–water partition coefficient (Wildman–Crippen LogP) is 9.45. The van der Waals surface area contributed by atoms with Crippen LogP contribution in [0.4, 0.5) is 0 Å². The molecule has 0 unspecified atom stereocenters. The van der Waals surface area contributed by atoms with E-state index in [4.69, 9.17) is 18.9 Å². The first-order valence-corrected chi connectivity index (χ1v) is 20.9. The molecule has 0 aliphatic heterocycles. The van der Waals surface area contributed by atoms with Gasteiger partial charge < -0.3 is 29.6 Å². The van der Waals surface area contributed by atoms with E-state index in [1.807, 2.05) is 137 Å². The smallest absolute Gasteiger partial charge is 0.310 e. The van der Waals surface area contributed by atoms with E-state index in [0.717, 1.165) is 44.5 Å². The number of benzene rings is 6. The highest BCUT2D eigenvalue weighted by molar-refractivity contribution is 5.96. The third kappa shape index (κ3) is 15.3. The lowest BCUT2D eigenvalue weighted by atomic mass is 10.1. The van der Waals surface area contributed by atoms with Gasteiger partial charge in [0, 0.05) is 24.2 Å². The number of carbonyl (C=O) groups excluding carboxylic acids is 4. The maximum absolute atomic E-state index is 12.8. The van der Waals surface area contributed by atoms with E-state index in [2.05, 4.69) is 22.8 Å². The average Bonchev–Trinajstić information content (AvgIpc) is 3.27. The van der Waals surface area contributed by atoms with Gasteiger partial charge in [-0.1, -0.05) is 120 Å². The Morgan fingerprint density at radius 1 is 0.476 bits per heavy atom. The molecule has 0 saturated heterocycles. The maximum atomic E-state index is 12.8. The number of hydrogen-bond acceptors (Lipinski definition) is 8. The summed E-state index contributed by atoms with van der Waals surface area (Å²) in [5.41, 5.74) is 11.0. The van der Waals surface area contributed by atoms with E-state index in [-0.39, 0.29) is 36.6 Å². The molecule has 0 bridgehead atoms. The Morgan fingerprint density at radius 2 is 0.889 bits per heavy atom. The van der Waals surface area contributed by atoms with Gasteiger partial charge in [0.15, 0.2) is 0 Å². The summed E-state index contributed by atoms with van der Waals surface area (Å²) < 4.78 is 21.5. The molecule has 0 atom stereocenters. The Bertz CT molecular complexity index is 2510. The van der Waals surface area contributed by atoms with E-state index < -0.39 is 0 Å². The Morgan fingerprint density at radius 3 is 1.32 bits per heavy atom. The molecule has 0 aliphatic rings. The van der Waals surface area contributed by atoms with Crippen LogP contribution < -0.4 is 20.1 Å². The summed E-state index contributed by atoms with van der Waals surface area (Å²) >= 11 is 0. The molecule has 6 rings (SSSR count).